The van der Waals surface area contributed by atoms with Gasteiger partial charge in [-0.3, -0.25) is 4.79 Å². The maximum atomic E-state index is 11.8. The highest BCUT2D eigenvalue weighted by atomic mass is 35.5. The van der Waals surface area contributed by atoms with Crippen molar-refractivity contribution >= 4 is 17.5 Å². The van der Waals surface area contributed by atoms with Crippen LogP contribution in [-0.2, 0) is 0 Å². The van der Waals surface area contributed by atoms with Gasteiger partial charge in [0, 0.05) is 12.7 Å². The number of nitrogens with zero attached hydrogens (tertiary/aromatic N) is 2. The van der Waals surface area contributed by atoms with Crippen molar-refractivity contribution in [1.29, 1.82) is 0 Å². The molecular weight excluding hydrogens is 254 g/mol. The van der Waals surface area contributed by atoms with Gasteiger partial charge in [0.15, 0.2) is 0 Å². The highest BCUT2D eigenvalue weighted by molar-refractivity contribution is 6.33. The third kappa shape index (κ3) is 4.58. The van der Waals surface area contributed by atoms with Gasteiger partial charge in [-0.25, -0.2) is 9.97 Å². The molecule has 0 saturated carbocycles. The zero-order chi connectivity index (χ0) is 13.8. The summed E-state index contributed by atoms with van der Waals surface area (Å²) in [6, 6.07) is 0. The minimum absolute atomic E-state index is 0.166. The number of amides is 1. The van der Waals surface area contributed by atoms with Crippen LogP contribution in [0.4, 0.5) is 0 Å². The summed E-state index contributed by atoms with van der Waals surface area (Å²) in [6.45, 7) is 6.12. The number of hydrogen-bond acceptors (Lipinski definition) is 4. The highest BCUT2D eigenvalue weighted by Crippen LogP contribution is 2.21. The predicted molar refractivity (Wildman–Crippen MR) is 69.5 cm³/mol. The van der Waals surface area contributed by atoms with Gasteiger partial charge in [-0.2, -0.15) is 0 Å². The Bertz CT molecular complexity index is 422. The summed E-state index contributed by atoms with van der Waals surface area (Å²) in [5.74, 6) is -0.332. The third-order valence-electron chi connectivity index (χ3n) is 2.46. The normalized spacial score (nSPS) is 13.2. The van der Waals surface area contributed by atoms with Gasteiger partial charge in [-0.15, -0.1) is 0 Å². The van der Waals surface area contributed by atoms with E-state index in [1.165, 1.54) is 12.5 Å². The van der Waals surface area contributed by atoms with Crippen molar-refractivity contribution in [3.8, 4) is 0 Å². The van der Waals surface area contributed by atoms with Gasteiger partial charge in [0.25, 0.3) is 5.91 Å². The molecule has 0 spiro atoms. The number of nitrogens with one attached hydrogen (secondary N) is 1. The zero-order valence-electron chi connectivity index (χ0n) is 10.8. The second-order valence-electron chi connectivity index (χ2n) is 5.12. The lowest BCUT2D eigenvalue weighted by molar-refractivity contribution is 0.0897. The number of carbonyl (C=O) groups excluding carboxylic acids is 1. The minimum atomic E-state index is -0.403. The number of rotatable bonds is 5. The van der Waals surface area contributed by atoms with Gasteiger partial charge in [-0.1, -0.05) is 25.4 Å². The third-order valence-corrected chi connectivity index (χ3v) is 2.73. The van der Waals surface area contributed by atoms with Crippen LogP contribution in [0.25, 0.3) is 0 Å². The molecule has 0 aliphatic rings. The van der Waals surface area contributed by atoms with Crippen molar-refractivity contribution < 1.29 is 9.90 Å². The molecule has 0 radical (unpaired) electrons. The van der Waals surface area contributed by atoms with E-state index in [2.05, 4.69) is 15.3 Å². The van der Waals surface area contributed by atoms with Crippen LogP contribution >= 0.6 is 11.6 Å². The first-order valence-electron chi connectivity index (χ1n) is 5.73. The molecule has 1 heterocycles. The second-order valence-corrected chi connectivity index (χ2v) is 5.53. The van der Waals surface area contributed by atoms with Crippen molar-refractivity contribution in [2.24, 2.45) is 5.41 Å². The van der Waals surface area contributed by atoms with Crippen LogP contribution in [0.2, 0.25) is 5.02 Å². The number of carbonyl (C=O) groups is 1. The molecule has 2 N–H and O–H groups in total. The molecule has 5 nitrogen and oxygen atoms in total. The first kappa shape index (κ1) is 14.9. The Labute approximate surface area is 112 Å². The quantitative estimate of drug-likeness (QED) is 0.854. The van der Waals surface area contributed by atoms with Crippen molar-refractivity contribution in [1.82, 2.24) is 15.3 Å². The number of hydrogen-bond donors (Lipinski definition) is 2. The standard InChI is InChI=1S/C12H18ClN3O2/c1-8(17)4-12(2,3)6-15-11(18)10-9(13)5-14-7-16-10/h5,7-8,17H,4,6H2,1-3H3,(H,15,18). The molecular formula is C12H18ClN3O2. The number of aliphatic hydroxyl groups excluding tert-OH is 1. The molecule has 1 rings (SSSR count). The van der Waals surface area contributed by atoms with Crippen LogP contribution in [0.1, 0.15) is 37.7 Å². The van der Waals surface area contributed by atoms with Gasteiger partial charge in [0.05, 0.1) is 11.1 Å². The summed E-state index contributed by atoms with van der Waals surface area (Å²) < 4.78 is 0. The van der Waals surface area contributed by atoms with E-state index in [4.69, 9.17) is 11.6 Å². The van der Waals surface area contributed by atoms with Crippen molar-refractivity contribution in [3.63, 3.8) is 0 Å². The predicted octanol–water partition coefficient (Wildman–Crippen LogP) is 1.66. The lowest BCUT2D eigenvalue weighted by atomic mass is 9.87. The molecule has 1 aromatic heterocycles. The second kappa shape index (κ2) is 6.11. The lowest BCUT2D eigenvalue weighted by Gasteiger charge is -2.26. The molecule has 6 heteroatoms. The fourth-order valence-electron chi connectivity index (χ4n) is 1.75. The smallest absolute Gasteiger partial charge is 0.271 e. The summed E-state index contributed by atoms with van der Waals surface area (Å²) in [4.78, 5) is 19.4. The van der Waals surface area contributed by atoms with Gasteiger partial charge in [-0.05, 0) is 18.8 Å². The summed E-state index contributed by atoms with van der Waals surface area (Å²) in [7, 11) is 0. The van der Waals surface area contributed by atoms with Crippen molar-refractivity contribution in [2.45, 2.75) is 33.3 Å². The van der Waals surface area contributed by atoms with E-state index in [9.17, 15) is 9.90 Å². The maximum Gasteiger partial charge on any atom is 0.271 e. The van der Waals surface area contributed by atoms with Gasteiger partial charge in [0.2, 0.25) is 0 Å². The molecule has 1 amide bonds. The van der Waals surface area contributed by atoms with E-state index in [1.54, 1.807) is 6.92 Å². The van der Waals surface area contributed by atoms with E-state index >= 15 is 0 Å². The summed E-state index contributed by atoms with van der Waals surface area (Å²) in [6.07, 6.45) is 2.86. The Morgan fingerprint density at radius 1 is 1.61 bits per heavy atom. The van der Waals surface area contributed by atoms with E-state index in [0.717, 1.165) is 0 Å². The number of aromatic nitrogens is 2. The maximum absolute atomic E-state index is 11.8. The van der Waals surface area contributed by atoms with E-state index in [1.807, 2.05) is 13.8 Å². The van der Waals surface area contributed by atoms with E-state index in [0.29, 0.717) is 13.0 Å². The largest absolute Gasteiger partial charge is 0.393 e. The Morgan fingerprint density at radius 2 is 2.28 bits per heavy atom. The SMILES string of the molecule is CC(O)CC(C)(C)CNC(=O)c1ncncc1Cl. The number of aliphatic hydroxyl groups is 1. The van der Waals surface area contributed by atoms with Crippen LogP contribution in [0, 0.1) is 5.41 Å². The first-order chi connectivity index (χ1) is 8.32. The molecule has 0 fully saturated rings. The molecule has 0 aromatic carbocycles. The van der Waals surface area contributed by atoms with Gasteiger partial charge >= 0.3 is 0 Å². The van der Waals surface area contributed by atoms with Gasteiger partial charge < -0.3 is 10.4 Å². The lowest BCUT2D eigenvalue weighted by Crippen LogP contribution is -2.36. The molecule has 0 aliphatic carbocycles. The van der Waals surface area contributed by atoms with Crippen LogP contribution in [0.3, 0.4) is 0 Å². The van der Waals surface area contributed by atoms with Gasteiger partial charge in [0.1, 0.15) is 12.0 Å². The molecule has 1 aromatic rings. The first-order valence-corrected chi connectivity index (χ1v) is 6.11. The Morgan fingerprint density at radius 3 is 2.83 bits per heavy atom. The van der Waals surface area contributed by atoms with E-state index < -0.39 is 6.10 Å². The summed E-state index contributed by atoms with van der Waals surface area (Å²) in [5, 5.41) is 12.3. The average molecular weight is 272 g/mol. The Kier molecular flexibility index (Phi) is 5.04. The van der Waals surface area contributed by atoms with Crippen molar-refractivity contribution in [3.05, 3.63) is 23.2 Å². The topological polar surface area (TPSA) is 75.1 Å². The van der Waals surface area contributed by atoms with Crippen LogP contribution in [0.15, 0.2) is 12.5 Å². The molecule has 0 bridgehead atoms. The Balaban J connectivity index is 2.59. The number of halogens is 1. The molecule has 1 atom stereocenters. The van der Waals surface area contributed by atoms with Crippen LogP contribution in [0.5, 0.6) is 0 Å². The fraction of sp³-hybridized carbons (Fsp3) is 0.583. The van der Waals surface area contributed by atoms with E-state index in [-0.39, 0.29) is 22.0 Å². The Hall–Kier alpha value is -1.20. The molecule has 18 heavy (non-hydrogen) atoms. The van der Waals surface area contributed by atoms with Crippen molar-refractivity contribution in [2.75, 3.05) is 6.54 Å². The highest BCUT2D eigenvalue weighted by Gasteiger charge is 2.22. The van der Waals surface area contributed by atoms with Crippen LogP contribution in [-0.4, -0.2) is 33.6 Å². The monoisotopic (exact) mass is 271 g/mol. The molecule has 1 unspecified atom stereocenters. The van der Waals surface area contributed by atoms with Crippen LogP contribution < -0.4 is 5.32 Å². The minimum Gasteiger partial charge on any atom is -0.393 e. The average Bonchev–Trinajstić information content (AvgIpc) is 2.25. The summed E-state index contributed by atoms with van der Waals surface area (Å²) >= 11 is 5.83. The molecule has 0 saturated heterocycles. The zero-order valence-corrected chi connectivity index (χ0v) is 11.5. The molecule has 100 valence electrons. The fourth-order valence-corrected chi connectivity index (χ4v) is 1.95. The molecule has 0 aliphatic heterocycles. The summed E-state index contributed by atoms with van der Waals surface area (Å²) in [5.41, 5.74) is -0.0249.